The maximum Gasteiger partial charge on any atom is 0.306 e. The zero-order valence-electron chi connectivity index (χ0n) is 20.8. The Morgan fingerprint density at radius 2 is 1.00 bits per heavy atom. The lowest BCUT2D eigenvalue weighted by atomic mass is 10.1. The molecule has 0 aliphatic carbocycles. The third-order valence-electron chi connectivity index (χ3n) is 5.55. The Balaban J connectivity index is 3.72. The molecular weight excluding hydrogens is 392 g/mol. The summed E-state index contributed by atoms with van der Waals surface area (Å²) in [6.45, 7) is 4.74. The van der Waals surface area contributed by atoms with Crippen molar-refractivity contribution in [3.05, 3.63) is 0 Å². The van der Waals surface area contributed by atoms with E-state index in [0.717, 1.165) is 32.1 Å². The highest BCUT2D eigenvalue weighted by Gasteiger charge is 2.16. The van der Waals surface area contributed by atoms with Crippen LogP contribution in [0.15, 0.2) is 0 Å². The summed E-state index contributed by atoms with van der Waals surface area (Å²) < 4.78 is 15.8. The summed E-state index contributed by atoms with van der Waals surface area (Å²) in [6, 6.07) is 0. The summed E-state index contributed by atoms with van der Waals surface area (Å²) in [4.78, 5) is 23.9. The Morgan fingerprint density at radius 3 is 1.45 bits per heavy atom. The van der Waals surface area contributed by atoms with Gasteiger partial charge in [0.25, 0.3) is 0 Å². The van der Waals surface area contributed by atoms with E-state index in [4.69, 9.17) is 14.2 Å². The molecule has 0 rings (SSSR count). The van der Waals surface area contributed by atoms with Crippen LogP contribution in [0.4, 0.5) is 0 Å². The van der Waals surface area contributed by atoms with Crippen LogP contribution < -0.4 is 0 Å². The van der Waals surface area contributed by atoms with Gasteiger partial charge in [0.1, 0.15) is 6.61 Å². The minimum Gasteiger partial charge on any atom is -0.462 e. The van der Waals surface area contributed by atoms with Gasteiger partial charge in [0.15, 0.2) is 6.10 Å². The van der Waals surface area contributed by atoms with E-state index in [1.165, 1.54) is 70.6 Å². The Morgan fingerprint density at radius 1 is 0.581 bits per heavy atom. The zero-order valence-corrected chi connectivity index (χ0v) is 20.8. The third kappa shape index (κ3) is 21.9. The van der Waals surface area contributed by atoms with E-state index in [0.29, 0.717) is 12.8 Å². The van der Waals surface area contributed by atoms with Crippen molar-refractivity contribution >= 4 is 11.9 Å². The van der Waals surface area contributed by atoms with Crippen molar-refractivity contribution in [2.45, 2.75) is 136 Å². The van der Waals surface area contributed by atoms with Crippen LogP contribution in [0.1, 0.15) is 129 Å². The largest absolute Gasteiger partial charge is 0.462 e. The molecule has 0 saturated carbocycles. The lowest BCUT2D eigenvalue weighted by Crippen LogP contribution is -2.29. The van der Waals surface area contributed by atoms with Gasteiger partial charge in [-0.1, -0.05) is 104 Å². The highest BCUT2D eigenvalue weighted by molar-refractivity contribution is 5.70. The number of unbranched alkanes of at least 4 members (excludes halogenated alkanes) is 14. The maximum absolute atomic E-state index is 12.1. The molecule has 31 heavy (non-hydrogen) atoms. The van der Waals surface area contributed by atoms with Crippen LogP contribution in [-0.2, 0) is 23.8 Å². The average molecular weight is 443 g/mol. The third-order valence-corrected chi connectivity index (χ3v) is 5.55. The Hall–Kier alpha value is -1.10. The van der Waals surface area contributed by atoms with E-state index in [1.807, 2.05) is 0 Å². The van der Waals surface area contributed by atoms with Crippen LogP contribution in [0.2, 0.25) is 0 Å². The van der Waals surface area contributed by atoms with E-state index in [1.54, 1.807) is 7.11 Å². The predicted octanol–water partition coefficient (Wildman–Crippen LogP) is 7.15. The van der Waals surface area contributed by atoms with Gasteiger partial charge in [-0.05, 0) is 12.8 Å². The van der Waals surface area contributed by atoms with Crippen molar-refractivity contribution in [2.75, 3.05) is 20.3 Å². The number of hydrogen-bond acceptors (Lipinski definition) is 5. The molecule has 0 aromatic heterocycles. The molecule has 1 atom stereocenters. The van der Waals surface area contributed by atoms with Crippen molar-refractivity contribution in [3.8, 4) is 0 Å². The normalized spacial score (nSPS) is 12.0. The molecule has 0 fully saturated rings. The summed E-state index contributed by atoms with van der Waals surface area (Å²) in [5.41, 5.74) is 0. The van der Waals surface area contributed by atoms with Crippen LogP contribution >= 0.6 is 0 Å². The molecule has 0 aromatic rings. The second-order valence-corrected chi connectivity index (χ2v) is 8.70. The molecule has 0 unspecified atom stereocenters. The number of carbonyl (C=O) groups is 2. The number of methoxy groups -OCH3 is 1. The number of hydrogen-bond donors (Lipinski definition) is 0. The number of esters is 2. The van der Waals surface area contributed by atoms with Gasteiger partial charge in [-0.2, -0.15) is 0 Å². The number of ether oxygens (including phenoxy) is 3. The molecule has 0 radical (unpaired) electrons. The van der Waals surface area contributed by atoms with E-state index in [2.05, 4.69) is 13.8 Å². The lowest BCUT2D eigenvalue weighted by molar-refractivity contribution is -0.162. The van der Waals surface area contributed by atoms with Crippen LogP contribution in [0.25, 0.3) is 0 Å². The van der Waals surface area contributed by atoms with E-state index >= 15 is 0 Å². The molecular formula is C26H50O5. The smallest absolute Gasteiger partial charge is 0.306 e. The topological polar surface area (TPSA) is 61.8 Å². The Kier molecular flexibility index (Phi) is 22.7. The lowest BCUT2D eigenvalue weighted by Gasteiger charge is -2.17. The van der Waals surface area contributed by atoms with Crippen LogP contribution in [0.3, 0.4) is 0 Å². The molecule has 0 heterocycles. The van der Waals surface area contributed by atoms with E-state index < -0.39 is 6.10 Å². The monoisotopic (exact) mass is 442 g/mol. The molecule has 0 aliphatic rings. The second kappa shape index (κ2) is 23.6. The molecule has 0 spiro atoms. The van der Waals surface area contributed by atoms with Crippen molar-refractivity contribution in [2.24, 2.45) is 0 Å². The quantitative estimate of drug-likeness (QED) is 0.124. The molecule has 0 bridgehead atoms. The summed E-state index contributed by atoms with van der Waals surface area (Å²) in [5, 5.41) is 0. The summed E-state index contributed by atoms with van der Waals surface area (Å²) in [5.74, 6) is -0.451. The van der Waals surface area contributed by atoms with Crippen molar-refractivity contribution in [3.63, 3.8) is 0 Å². The van der Waals surface area contributed by atoms with Crippen LogP contribution in [0.5, 0.6) is 0 Å². The molecule has 0 amide bonds. The molecule has 5 heteroatoms. The van der Waals surface area contributed by atoms with Gasteiger partial charge in [-0.15, -0.1) is 0 Å². The highest BCUT2D eigenvalue weighted by Crippen LogP contribution is 2.12. The molecule has 0 aliphatic heterocycles. The minimum absolute atomic E-state index is 0.0750. The molecule has 184 valence electrons. The van der Waals surface area contributed by atoms with Gasteiger partial charge in [0.2, 0.25) is 0 Å². The summed E-state index contributed by atoms with van der Waals surface area (Å²) in [6.07, 6.45) is 19.6. The Labute approximate surface area is 192 Å². The van der Waals surface area contributed by atoms with Crippen LogP contribution in [0, 0.1) is 0 Å². The van der Waals surface area contributed by atoms with Gasteiger partial charge in [0, 0.05) is 20.0 Å². The van der Waals surface area contributed by atoms with Gasteiger partial charge in [-0.3, -0.25) is 9.59 Å². The fourth-order valence-corrected chi connectivity index (χ4v) is 3.61. The van der Waals surface area contributed by atoms with Crippen LogP contribution in [-0.4, -0.2) is 38.4 Å². The predicted molar refractivity (Wildman–Crippen MR) is 127 cm³/mol. The first-order chi connectivity index (χ1) is 15.1. The van der Waals surface area contributed by atoms with Crippen molar-refractivity contribution in [1.82, 2.24) is 0 Å². The average Bonchev–Trinajstić information content (AvgIpc) is 2.76. The van der Waals surface area contributed by atoms with E-state index in [9.17, 15) is 9.59 Å². The second-order valence-electron chi connectivity index (χ2n) is 8.70. The zero-order chi connectivity index (χ0) is 23.0. The van der Waals surface area contributed by atoms with Crippen molar-refractivity contribution < 1.29 is 23.8 Å². The van der Waals surface area contributed by atoms with Crippen molar-refractivity contribution in [1.29, 1.82) is 0 Å². The first-order valence-electron chi connectivity index (χ1n) is 13.0. The SMILES string of the molecule is CCCCCCCCCCCCCC(=O)O[C@@H](COC)COC(=O)CCCCCCC. The maximum atomic E-state index is 12.1. The minimum atomic E-state index is -0.519. The fraction of sp³-hybridized carbons (Fsp3) is 0.923. The van der Waals surface area contributed by atoms with Gasteiger partial charge in [-0.25, -0.2) is 0 Å². The standard InChI is InChI=1S/C26H50O5/c1-4-6-8-10-11-12-13-14-15-17-19-21-26(28)31-24(22-29-3)23-30-25(27)20-18-16-9-7-5-2/h24H,4-23H2,1-3H3/t24-/m0/s1. The number of carbonyl (C=O) groups excluding carboxylic acids is 2. The number of rotatable bonds is 23. The Bertz CT molecular complexity index is 411. The molecule has 0 N–H and O–H groups in total. The van der Waals surface area contributed by atoms with Gasteiger partial charge in [0.05, 0.1) is 6.61 Å². The molecule has 0 saturated heterocycles. The summed E-state index contributed by atoms with van der Waals surface area (Å²) >= 11 is 0. The molecule has 0 aromatic carbocycles. The van der Waals surface area contributed by atoms with Gasteiger partial charge >= 0.3 is 11.9 Å². The van der Waals surface area contributed by atoms with Gasteiger partial charge < -0.3 is 14.2 Å². The van der Waals surface area contributed by atoms with E-state index in [-0.39, 0.29) is 25.2 Å². The first-order valence-corrected chi connectivity index (χ1v) is 13.0. The fourth-order valence-electron chi connectivity index (χ4n) is 3.61. The first kappa shape index (κ1) is 29.9. The summed E-state index contributed by atoms with van der Waals surface area (Å²) in [7, 11) is 1.56. The highest BCUT2D eigenvalue weighted by atomic mass is 16.6. The molecule has 5 nitrogen and oxygen atoms in total.